The molecule has 1 aliphatic carbocycles. The van der Waals surface area contributed by atoms with Crippen LogP contribution in [-0.2, 0) is 17.6 Å². The highest BCUT2D eigenvalue weighted by atomic mass is 32.2. The standard InChI is InChI=1S/C11H10F3OS/c12-11(13,14)16(15)10-7-3-5-8-4-1-2-6-9(8)10/h3,5-7H,1-2,4H2. The normalized spacial score (nSPS) is 18.0. The molecular formula is C11H10F3OS. The molecule has 1 nitrogen and oxygen atoms in total. The Hall–Kier alpha value is -0.680. The van der Waals surface area contributed by atoms with Crippen LogP contribution < -0.4 is 0 Å². The Labute approximate surface area is 94.8 Å². The molecule has 87 valence electrons. The third kappa shape index (κ3) is 2.20. The molecule has 1 radical (unpaired) electrons. The van der Waals surface area contributed by atoms with E-state index in [0.29, 0.717) is 5.56 Å². The monoisotopic (exact) mass is 247 g/mol. The summed E-state index contributed by atoms with van der Waals surface area (Å²) in [5, 5.41) is 0. The number of hydrogen-bond acceptors (Lipinski definition) is 1. The first-order valence-corrected chi connectivity index (χ1v) is 6.09. The average molecular weight is 247 g/mol. The Bertz CT molecular complexity index is 389. The molecule has 0 saturated carbocycles. The molecule has 1 aliphatic rings. The second-order valence-corrected chi connectivity index (χ2v) is 5.08. The van der Waals surface area contributed by atoms with Crippen molar-refractivity contribution in [2.75, 3.05) is 0 Å². The lowest BCUT2D eigenvalue weighted by atomic mass is 9.92. The van der Waals surface area contributed by atoms with Crippen molar-refractivity contribution in [3.63, 3.8) is 0 Å². The number of benzene rings is 1. The SMILES string of the molecule is [O-][S+](c1cccc2c1[CH]CCC2)C(F)(F)F. The van der Waals surface area contributed by atoms with Crippen LogP contribution in [0.2, 0.25) is 0 Å². The van der Waals surface area contributed by atoms with Crippen LogP contribution in [0.5, 0.6) is 0 Å². The smallest absolute Gasteiger partial charge is 0.578 e. The van der Waals surface area contributed by atoms with Gasteiger partial charge >= 0.3 is 5.51 Å². The highest BCUT2D eigenvalue weighted by Gasteiger charge is 2.47. The molecule has 1 atom stereocenters. The van der Waals surface area contributed by atoms with E-state index in [1.165, 1.54) is 12.1 Å². The first-order valence-electron chi connectivity index (χ1n) is 4.94. The van der Waals surface area contributed by atoms with Gasteiger partial charge in [-0.1, -0.05) is 12.1 Å². The van der Waals surface area contributed by atoms with Gasteiger partial charge in [0, 0.05) is 5.56 Å². The van der Waals surface area contributed by atoms with Crippen molar-refractivity contribution in [1.29, 1.82) is 0 Å². The predicted molar refractivity (Wildman–Crippen MR) is 55.2 cm³/mol. The summed E-state index contributed by atoms with van der Waals surface area (Å²) in [5.41, 5.74) is -3.30. The molecule has 1 aromatic rings. The summed E-state index contributed by atoms with van der Waals surface area (Å²) in [6.45, 7) is 0. The van der Waals surface area contributed by atoms with Crippen LogP contribution in [0.3, 0.4) is 0 Å². The van der Waals surface area contributed by atoms with E-state index >= 15 is 0 Å². The lowest BCUT2D eigenvalue weighted by molar-refractivity contribution is -0.0435. The van der Waals surface area contributed by atoms with Crippen LogP contribution in [0.4, 0.5) is 13.2 Å². The first kappa shape index (κ1) is 11.8. The minimum Gasteiger partial charge on any atom is -0.604 e. The molecule has 1 aromatic carbocycles. The van der Waals surface area contributed by atoms with Crippen molar-refractivity contribution in [3.05, 3.63) is 35.7 Å². The minimum absolute atomic E-state index is 0.107. The maximum Gasteiger partial charge on any atom is 0.578 e. The van der Waals surface area contributed by atoms with Gasteiger partial charge in [0.2, 0.25) is 0 Å². The zero-order chi connectivity index (χ0) is 11.8. The van der Waals surface area contributed by atoms with E-state index in [4.69, 9.17) is 0 Å². The molecule has 0 spiro atoms. The highest BCUT2D eigenvalue weighted by Crippen LogP contribution is 2.36. The fourth-order valence-corrected chi connectivity index (χ4v) is 2.73. The molecular weight excluding hydrogens is 237 g/mol. The Morgan fingerprint density at radius 3 is 2.69 bits per heavy atom. The molecule has 0 aliphatic heterocycles. The third-order valence-corrected chi connectivity index (χ3v) is 3.74. The fourth-order valence-electron chi connectivity index (χ4n) is 1.86. The summed E-state index contributed by atoms with van der Waals surface area (Å²) in [6, 6.07) is 4.63. The molecule has 0 amide bonds. The van der Waals surface area contributed by atoms with E-state index in [2.05, 4.69) is 0 Å². The van der Waals surface area contributed by atoms with Gasteiger partial charge in [0.15, 0.2) is 4.90 Å². The zero-order valence-electron chi connectivity index (χ0n) is 8.38. The molecule has 0 heterocycles. The van der Waals surface area contributed by atoms with Crippen molar-refractivity contribution in [2.24, 2.45) is 0 Å². The lowest BCUT2D eigenvalue weighted by Crippen LogP contribution is -2.25. The van der Waals surface area contributed by atoms with Gasteiger partial charge < -0.3 is 4.55 Å². The molecule has 0 saturated heterocycles. The van der Waals surface area contributed by atoms with Gasteiger partial charge in [0.1, 0.15) is 0 Å². The maximum atomic E-state index is 12.4. The lowest BCUT2D eigenvalue weighted by Gasteiger charge is -2.20. The number of alkyl halides is 3. The second-order valence-electron chi connectivity index (χ2n) is 3.64. The number of fused-ring (bicyclic) bond motifs is 1. The van der Waals surface area contributed by atoms with E-state index in [1.807, 2.05) is 0 Å². The summed E-state index contributed by atoms with van der Waals surface area (Å²) in [5.74, 6) is 0. The summed E-state index contributed by atoms with van der Waals surface area (Å²) >= 11 is -2.92. The van der Waals surface area contributed by atoms with Crippen molar-refractivity contribution < 1.29 is 17.7 Å². The van der Waals surface area contributed by atoms with E-state index < -0.39 is 16.7 Å². The molecule has 0 aromatic heterocycles. The largest absolute Gasteiger partial charge is 0.604 e. The Balaban J connectivity index is 2.41. The summed E-state index contributed by atoms with van der Waals surface area (Å²) < 4.78 is 48.5. The summed E-state index contributed by atoms with van der Waals surface area (Å²) in [4.78, 5) is -0.107. The van der Waals surface area contributed by atoms with Crippen LogP contribution in [0.1, 0.15) is 24.0 Å². The predicted octanol–water partition coefficient (Wildman–Crippen LogP) is 3.20. The van der Waals surface area contributed by atoms with Gasteiger partial charge in [0.25, 0.3) is 0 Å². The number of hydrogen-bond donors (Lipinski definition) is 0. The van der Waals surface area contributed by atoms with Gasteiger partial charge in [-0.15, -0.1) is 13.2 Å². The van der Waals surface area contributed by atoms with Gasteiger partial charge in [-0.05, 0) is 37.3 Å². The van der Waals surface area contributed by atoms with Crippen molar-refractivity contribution in [3.8, 4) is 0 Å². The quantitative estimate of drug-likeness (QED) is 0.699. The van der Waals surface area contributed by atoms with Gasteiger partial charge in [-0.25, -0.2) is 0 Å². The van der Waals surface area contributed by atoms with Crippen molar-refractivity contribution in [2.45, 2.75) is 29.7 Å². The molecule has 0 N–H and O–H groups in total. The fraction of sp³-hybridized carbons (Fsp3) is 0.364. The van der Waals surface area contributed by atoms with Gasteiger partial charge in [0.05, 0.1) is 11.2 Å². The van der Waals surface area contributed by atoms with E-state index in [1.54, 1.807) is 12.5 Å². The summed E-state index contributed by atoms with van der Waals surface area (Å²) in [7, 11) is 0. The van der Waals surface area contributed by atoms with Crippen LogP contribution in [0.25, 0.3) is 0 Å². The maximum absolute atomic E-state index is 12.4. The third-order valence-electron chi connectivity index (χ3n) is 2.57. The molecule has 1 unspecified atom stereocenters. The van der Waals surface area contributed by atoms with E-state index in [0.717, 1.165) is 24.8 Å². The Morgan fingerprint density at radius 2 is 2.00 bits per heavy atom. The molecule has 5 heteroatoms. The zero-order valence-corrected chi connectivity index (χ0v) is 9.20. The van der Waals surface area contributed by atoms with Crippen LogP contribution in [0.15, 0.2) is 23.1 Å². The Kier molecular flexibility index (Phi) is 3.17. The average Bonchev–Trinajstić information content (AvgIpc) is 2.26. The first-order chi connectivity index (χ1) is 7.50. The highest BCUT2D eigenvalue weighted by molar-refractivity contribution is 7.92. The van der Waals surface area contributed by atoms with Crippen LogP contribution in [0, 0.1) is 6.42 Å². The number of aryl methyl sites for hydroxylation is 1. The molecule has 0 bridgehead atoms. The van der Waals surface area contributed by atoms with Crippen molar-refractivity contribution in [1.82, 2.24) is 0 Å². The molecule has 0 fully saturated rings. The number of halogens is 3. The topological polar surface area (TPSA) is 23.1 Å². The molecule has 2 rings (SSSR count). The number of rotatable bonds is 1. The molecule has 16 heavy (non-hydrogen) atoms. The van der Waals surface area contributed by atoms with Crippen LogP contribution in [-0.4, -0.2) is 10.1 Å². The van der Waals surface area contributed by atoms with Gasteiger partial charge in [-0.3, -0.25) is 0 Å². The van der Waals surface area contributed by atoms with E-state index in [9.17, 15) is 17.7 Å². The van der Waals surface area contributed by atoms with Crippen LogP contribution >= 0.6 is 0 Å². The second kappa shape index (κ2) is 4.30. The summed E-state index contributed by atoms with van der Waals surface area (Å²) in [6.07, 6.45) is 4.20. The van der Waals surface area contributed by atoms with Crippen molar-refractivity contribution >= 4 is 11.2 Å². The minimum atomic E-state index is -4.68. The Morgan fingerprint density at radius 1 is 1.25 bits per heavy atom. The van der Waals surface area contributed by atoms with E-state index in [-0.39, 0.29) is 4.90 Å². The van der Waals surface area contributed by atoms with Gasteiger partial charge in [-0.2, -0.15) is 0 Å².